The summed E-state index contributed by atoms with van der Waals surface area (Å²) in [5.74, 6) is 2.70. The number of aryl methyl sites for hydroxylation is 1. The van der Waals surface area contributed by atoms with Crippen molar-refractivity contribution in [3.8, 4) is 22.8 Å². The van der Waals surface area contributed by atoms with Gasteiger partial charge in [0.05, 0.1) is 12.5 Å². The number of nitrogens with zero attached hydrogens (tertiary/aromatic N) is 3. The van der Waals surface area contributed by atoms with Gasteiger partial charge in [-0.2, -0.15) is 0 Å². The molecule has 6 heteroatoms. The molecular formula is C23H16ClN3O2. The Bertz CT molecular complexity index is 1330. The van der Waals surface area contributed by atoms with Crippen LogP contribution in [0.15, 0.2) is 87.0 Å². The van der Waals surface area contributed by atoms with Crippen LogP contribution in [0, 0.1) is 6.92 Å². The van der Waals surface area contributed by atoms with E-state index in [1.807, 2.05) is 78.2 Å². The van der Waals surface area contributed by atoms with Crippen LogP contribution in [0.5, 0.6) is 0 Å². The normalized spacial score (nSPS) is 11.7. The third-order valence-electron chi connectivity index (χ3n) is 4.66. The molecule has 0 N–H and O–H groups in total. The van der Waals surface area contributed by atoms with Crippen molar-refractivity contribution in [3.63, 3.8) is 0 Å². The summed E-state index contributed by atoms with van der Waals surface area (Å²) in [5, 5.41) is 0.711. The highest BCUT2D eigenvalue weighted by atomic mass is 35.5. The number of rotatable bonds is 4. The SMILES string of the molecule is Cc1ccc(-c2ccc(/C=N/c3c(-c4ccco4)nc4ccccn34)o2)cc1Cl. The van der Waals surface area contributed by atoms with E-state index in [0.29, 0.717) is 28.1 Å². The molecule has 0 atom stereocenters. The van der Waals surface area contributed by atoms with Gasteiger partial charge in [-0.1, -0.05) is 29.8 Å². The fourth-order valence-electron chi connectivity index (χ4n) is 3.13. The highest BCUT2D eigenvalue weighted by Crippen LogP contribution is 2.31. The molecule has 0 spiro atoms. The van der Waals surface area contributed by atoms with E-state index in [-0.39, 0.29) is 0 Å². The summed E-state index contributed by atoms with van der Waals surface area (Å²) < 4.78 is 13.4. The number of benzene rings is 1. The Balaban J connectivity index is 1.52. The molecule has 0 radical (unpaired) electrons. The molecule has 29 heavy (non-hydrogen) atoms. The predicted octanol–water partition coefficient (Wildman–Crippen LogP) is 6.57. The van der Waals surface area contributed by atoms with Crippen LogP contribution in [0.25, 0.3) is 28.4 Å². The van der Waals surface area contributed by atoms with Gasteiger partial charge >= 0.3 is 0 Å². The monoisotopic (exact) mass is 401 g/mol. The molecular weight excluding hydrogens is 386 g/mol. The smallest absolute Gasteiger partial charge is 0.168 e. The highest BCUT2D eigenvalue weighted by molar-refractivity contribution is 6.31. The average Bonchev–Trinajstić information content (AvgIpc) is 3.48. The van der Waals surface area contributed by atoms with E-state index in [1.54, 1.807) is 12.5 Å². The standard InChI is InChI=1S/C23H16ClN3O2/c1-15-7-8-16(13-18(15)24)19-10-9-17(29-19)14-25-23-22(20-5-4-12-28-20)26-21-6-2-3-11-27(21)23/h2-14H,1H3/b25-14+. The number of aliphatic imine (C=N–C) groups is 1. The Labute approximate surface area is 171 Å². The van der Waals surface area contributed by atoms with Crippen molar-refractivity contribution in [2.45, 2.75) is 6.92 Å². The maximum absolute atomic E-state index is 6.23. The summed E-state index contributed by atoms with van der Waals surface area (Å²) in [6, 6.07) is 19.1. The Kier molecular flexibility index (Phi) is 4.30. The van der Waals surface area contributed by atoms with Crippen LogP contribution < -0.4 is 0 Å². The average molecular weight is 402 g/mol. The van der Waals surface area contributed by atoms with Gasteiger partial charge in [0.1, 0.15) is 17.2 Å². The second-order valence-electron chi connectivity index (χ2n) is 6.61. The molecule has 0 aliphatic carbocycles. The lowest BCUT2D eigenvalue weighted by Gasteiger charge is -2.00. The molecule has 0 saturated heterocycles. The van der Waals surface area contributed by atoms with Gasteiger partial charge in [0.25, 0.3) is 0 Å². The number of hydrogen-bond donors (Lipinski definition) is 0. The van der Waals surface area contributed by atoms with E-state index < -0.39 is 0 Å². The summed E-state index contributed by atoms with van der Waals surface area (Å²) in [6.45, 7) is 1.97. The zero-order chi connectivity index (χ0) is 19.8. The maximum Gasteiger partial charge on any atom is 0.168 e. The van der Waals surface area contributed by atoms with E-state index in [0.717, 1.165) is 22.5 Å². The molecule has 5 rings (SSSR count). The number of fused-ring (bicyclic) bond motifs is 1. The first-order valence-corrected chi connectivity index (χ1v) is 9.48. The van der Waals surface area contributed by atoms with Crippen molar-refractivity contribution in [2.75, 3.05) is 0 Å². The van der Waals surface area contributed by atoms with E-state index in [2.05, 4.69) is 9.98 Å². The molecule has 0 fully saturated rings. The second kappa shape index (κ2) is 7.11. The molecule has 142 valence electrons. The van der Waals surface area contributed by atoms with E-state index in [1.165, 1.54) is 0 Å². The number of hydrogen-bond acceptors (Lipinski definition) is 4. The predicted molar refractivity (Wildman–Crippen MR) is 114 cm³/mol. The van der Waals surface area contributed by atoms with Crippen LogP contribution in [0.1, 0.15) is 11.3 Å². The minimum absolute atomic E-state index is 0.632. The minimum Gasteiger partial charge on any atom is -0.463 e. The van der Waals surface area contributed by atoms with Gasteiger partial charge < -0.3 is 8.83 Å². The number of imidazole rings is 1. The van der Waals surface area contributed by atoms with Crippen LogP contribution in [-0.4, -0.2) is 15.6 Å². The summed E-state index contributed by atoms with van der Waals surface area (Å²) in [4.78, 5) is 9.30. The zero-order valence-corrected chi connectivity index (χ0v) is 16.3. The van der Waals surface area contributed by atoms with Gasteiger partial charge in [-0.15, -0.1) is 0 Å². The second-order valence-corrected chi connectivity index (χ2v) is 7.02. The van der Waals surface area contributed by atoms with Gasteiger partial charge in [-0.25, -0.2) is 9.98 Å². The third kappa shape index (κ3) is 3.26. The lowest BCUT2D eigenvalue weighted by Crippen LogP contribution is -1.83. The number of furan rings is 2. The number of aromatic nitrogens is 2. The third-order valence-corrected chi connectivity index (χ3v) is 5.06. The van der Waals surface area contributed by atoms with Gasteiger partial charge in [-0.05, 0) is 55.0 Å². The van der Waals surface area contributed by atoms with E-state index in [4.69, 9.17) is 20.4 Å². The first kappa shape index (κ1) is 17.5. The van der Waals surface area contributed by atoms with E-state index >= 15 is 0 Å². The molecule has 0 aliphatic heterocycles. The highest BCUT2D eigenvalue weighted by Gasteiger charge is 2.15. The quantitative estimate of drug-likeness (QED) is 0.320. The summed E-state index contributed by atoms with van der Waals surface area (Å²) in [6.07, 6.45) is 5.23. The van der Waals surface area contributed by atoms with Gasteiger partial charge in [0, 0.05) is 16.8 Å². The van der Waals surface area contributed by atoms with Crippen molar-refractivity contribution < 1.29 is 8.83 Å². The maximum atomic E-state index is 6.23. The molecule has 5 nitrogen and oxygen atoms in total. The number of halogens is 1. The molecule has 4 heterocycles. The van der Waals surface area contributed by atoms with Crippen molar-refractivity contribution in [3.05, 3.63) is 89.5 Å². The zero-order valence-electron chi connectivity index (χ0n) is 15.5. The molecule has 0 bridgehead atoms. The summed E-state index contributed by atoms with van der Waals surface area (Å²) in [5.41, 5.74) is 3.42. The molecule has 4 aromatic heterocycles. The number of pyridine rings is 1. The van der Waals surface area contributed by atoms with Crippen molar-refractivity contribution in [1.82, 2.24) is 9.38 Å². The first-order valence-electron chi connectivity index (χ1n) is 9.10. The largest absolute Gasteiger partial charge is 0.463 e. The van der Waals surface area contributed by atoms with Gasteiger partial charge in [0.15, 0.2) is 17.3 Å². The molecule has 1 aromatic carbocycles. The molecule has 0 saturated carbocycles. The van der Waals surface area contributed by atoms with Crippen LogP contribution in [0.4, 0.5) is 5.82 Å². The van der Waals surface area contributed by atoms with Crippen LogP contribution in [0.2, 0.25) is 5.02 Å². The Morgan fingerprint density at radius 1 is 1.03 bits per heavy atom. The summed E-state index contributed by atoms with van der Waals surface area (Å²) in [7, 11) is 0. The van der Waals surface area contributed by atoms with E-state index in [9.17, 15) is 0 Å². The Morgan fingerprint density at radius 2 is 1.97 bits per heavy atom. The Morgan fingerprint density at radius 3 is 2.79 bits per heavy atom. The molecule has 0 amide bonds. The van der Waals surface area contributed by atoms with Gasteiger partial charge in [-0.3, -0.25) is 4.40 Å². The van der Waals surface area contributed by atoms with Crippen molar-refractivity contribution in [2.24, 2.45) is 4.99 Å². The lowest BCUT2D eigenvalue weighted by molar-refractivity contribution is 0.575. The molecule has 0 aliphatic rings. The van der Waals surface area contributed by atoms with Crippen LogP contribution >= 0.6 is 11.6 Å². The van der Waals surface area contributed by atoms with Crippen LogP contribution in [0.3, 0.4) is 0 Å². The molecule has 0 unspecified atom stereocenters. The fourth-order valence-corrected chi connectivity index (χ4v) is 3.31. The molecule has 5 aromatic rings. The minimum atomic E-state index is 0.632. The summed E-state index contributed by atoms with van der Waals surface area (Å²) >= 11 is 6.23. The van der Waals surface area contributed by atoms with Crippen molar-refractivity contribution in [1.29, 1.82) is 0 Å². The van der Waals surface area contributed by atoms with Crippen molar-refractivity contribution >= 4 is 29.3 Å². The lowest BCUT2D eigenvalue weighted by atomic mass is 10.1. The fraction of sp³-hybridized carbons (Fsp3) is 0.0435. The topological polar surface area (TPSA) is 55.9 Å². The Hall–Kier alpha value is -3.57. The van der Waals surface area contributed by atoms with Crippen LogP contribution in [-0.2, 0) is 0 Å². The first-order chi connectivity index (χ1) is 14.2. The van der Waals surface area contributed by atoms with Gasteiger partial charge in [0.2, 0.25) is 0 Å².